The van der Waals surface area contributed by atoms with E-state index in [1.807, 2.05) is 20.8 Å². The maximum atomic E-state index is 12.8. The molecule has 2 unspecified atom stereocenters. The number of alkyl carbamates (subject to hydrolysis) is 1. The van der Waals surface area contributed by atoms with Crippen LogP contribution >= 0.6 is 0 Å². The van der Waals surface area contributed by atoms with Crippen LogP contribution in [0, 0.1) is 5.92 Å². The van der Waals surface area contributed by atoms with Crippen LogP contribution < -0.4 is 10.6 Å². The lowest BCUT2D eigenvalue weighted by Crippen LogP contribution is -2.43. The number of amides is 1. The van der Waals surface area contributed by atoms with Crippen molar-refractivity contribution < 1.29 is 22.7 Å². The molecule has 1 heterocycles. The lowest BCUT2D eigenvalue weighted by atomic mass is 9.89. The lowest BCUT2D eigenvalue weighted by molar-refractivity contribution is -0.137. The number of ether oxygens (including phenoxy) is 1. The minimum atomic E-state index is -4.38. The van der Waals surface area contributed by atoms with E-state index >= 15 is 0 Å². The zero-order valence-corrected chi connectivity index (χ0v) is 14.7. The highest BCUT2D eigenvalue weighted by Crippen LogP contribution is 2.34. The van der Waals surface area contributed by atoms with Crippen LogP contribution in [0.3, 0.4) is 0 Å². The Balaban J connectivity index is 2.20. The number of benzene rings is 1. The van der Waals surface area contributed by atoms with Crippen LogP contribution in [0.4, 0.5) is 18.0 Å². The molecule has 1 fully saturated rings. The molecule has 1 aromatic carbocycles. The van der Waals surface area contributed by atoms with Gasteiger partial charge in [0.25, 0.3) is 0 Å². The summed E-state index contributed by atoms with van der Waals surface area (Å²) in [5.41, 5.74) is -0.589. The van der Waals surface area contributed by atoms with Gasteiger partial charge in [-0.1, -0.05) is 12.1 Å². The molecule has 0 saturated carbocycles. The number of alkyl halides is 3. The van der Waals surface area contributed by atoms with E-state index in [1.165, 1.54) is 12.1 Å². The number of hydrogen-bond acceptors (Lipinski definition) is 3. The van der Waals surface area contributed by atoms with E-state index < -0.39 is 29.5 Å². The van der Waals surface area contributed by atoms with Crippen LogP contribution in [0.2, 0.25) is 0 Å². The average Bonchev–Trinajstić information content (AvgIpc) is 2.51. The first-order chi connectivity index (χ1) is 11.6. The number of nitrogens with one attached hydrogen (secondary N) is 2. The molecular formula is C18H25F3N2O2. The van der Waals surface area contributed by atoms with E-state index in [0.29, 0.717) is 12.1 Å². The first kappa shape index (κ1) is 19.6. The minimum Gasteiger partial charge on any atom is -0.441 e. The van der Waals surface area contributed by atoms with Crippen molar-refractivity contribution in [3.05, 3.63) is 35.4 Å². The summed E-state index contributed by atoms with van der Waals surface area (Å²) in [6, 6.07) is 4.85. The molecule has 2 N–H and O–H groups in total. The molecule has 0 bridgehead atoms. The Morgan fingerprint density at radius 1 is 1.24 bits per heavy atom. The highest BCUT2D eigenvalue weighted by atomic mass is 19.4. The van der Waals surface area contributed by atoms with Crippen molar-refractivity contribution in [2.45, 2.75) is 51.4 Å². The largest absolute Gasteiger partial charge is 0.441 e. The number of carbonyl (C=O) groups excluding carboxylic acids is 1. The number of carbonyl (C=O) groups is 1. The Kier molecular flexibility index (Phi) is 5.98. The van der Waals surface area contributed by atoms with Gasteiger partial charge in [0.05, 0.1) is 5.56 Å². The number of halogens is 3. The van der Waals surface area contributed by atoms with Gasteiger partial charge in [-0.2, -0.15) is 13.2 Å². The molecule has 1 aliphatic heterocycles. The molecular weight excluding hydrogens is 333 g/mol. The number of rotatable bonds is 3. The standard InChI is InChI=1S/C18H25F3N2O2/c1-17(2,3)23-16(24)25-15(13-5-4-10-22-11-13)12-6-8-14(9-7-12)18(19,20)21/h6-9,13,15,22H,4-5,10-11H2,1-3H3,(H,23,24). The normalized spacial score (nSPS) is 20.0. The van der Waals surface area contributed by atoms with Crippen molar-refractivity contribution in [3.63, 3.8) is 0 Å². The second-order valence-corrected chi connectivity index (χ2v) is 7.43. The summed E-state index contributed by atoms with van der Waals surface area (Å²) >= 11 is 0. The van der Waals surface area contributed by atoms with E-state index in [0.717, 1.165) is 31.5 Å². The molecule has 0 spiro atoms. The Labute approximate surface area is 146 Å². The highest BCUT2D eigenvalue weighted by Gasteiger charge is 2.32. The Bertz CT molecular complexity index is 573. The molecule has 1 saturated heterocycles. The van der Waals surface area contributed by atoms with Crippen LogP contribution in [-0.2, 0) is 10.9 Å². The van der Waals surface area contributed by atoms with Crippen molar-refractivity contribution in [1.29, 1.82) is 0 Å². The maximum Gasteiger partial charge on any atom is 0.416 e. The Hall–Kier alpha value is -1.76. The van der Waals surface area contributed by atoms with Gasteiger partial charge in [-0.3, -0.25) is 0 Å². The van der Waals surface area contributed by atoms with Gasteiger partial charge in [0, 0.05) is 18.0 Å². The smallest absolute Gasteiger partial charge is 0.416 e. The van der Waals surface area contributed by atoms with Crippen LogP contribution in [0.5, 0.6) is 0 Å². The monoisotopic (exact) mass is 358 g/mol. The molecule has 2 atom stereocenters. The summed E-state index contributed by atoms with van der Waals surface area (Å²) in [5, 5.41) is 5.98. The average molecular weight is 358 g/mol. The molecule has 25 heavy (non-hydrogen) atoms. The molecule has 4 nitrogen and oxygen atoms in total. The van der Waals surface area contributed by atoms with Crippen molar-refractivity contribution in [3.8, 4) is 0 Å². The predicted molar refractivity (Wildman–Crippen MR) is 89.1 cm³/mol. The summed E-state index contributed by atoms with van der Waals surface area (Å²) in [5.74, 6) is 0.0243. The summed E-state index contributed by atoms with van der Waals surface area (Å²) in [6.07, 6.45) is -3.75. The predicted octanol–water partition coefficient (Wildman–Crippen LogP) is 4.27. The molecule has 0 aliphatic carbocycles. The maximum absolute atomic E-state index is 12.8. The lowest BCUT2D eigenvalue weighted by Gasteiger charge is -2.32. The van der Waals surface area contributed by atoms with Gasteiger partial charge in [-0.25, -0.2) is 4.79 Å². The highest BCUT2D eigenvalue weighted by molar-refractivity contribution is 5.68. The van der Waals surface area contributed by atoms with Crippen LogP contribution in [0.15, 0.2) is 24.3 Å². The van der Waals surface area contributed by atoms with Crippen molar-refractivity contribution >= 4 is 6.09 Å². The third-order valence-corrected chi connectivity index (χ3v) is 4.04. The Morgan fingerprint density at radius 3 is 2.36 bits per heavy atom. The summed E-state index contributed by atoms with van der Waals surface area (Å²) in [7, 11) is 0. The van der Waals surface area contributed by atoms with Crippen molar-refractivity contribution in [2.75, 3.05) is 13.1 Å². The van der Waals surface area contributed by atoms with Crippen molar-refractivity contribution in [1.82, 2.24) is 10.6 Å². The summed E-state index contributed by atoms with van der Waals surface area (Å²) in [4.78, 5) is 12.2. The van der Waals surface area contributed by atoms with Crippen molar-refractivity contribution in [2.24, 2.45) is 5.92 Å². The molecule has 2 rings (SSSR count). The van der Waals surface area contributed by atoms with Gasteiger partial charge in [0.15, 0.2) is 0 Å². The van der Waals surface area contributed by atoms with Gasteiger partial charge in [-0.05, 0) is 57.9 Å². The second-order valence-electron chi connectivity index (χ2n) is 7.43. The molecule has 0 aromatic heterocycles. The molecule has 0 radical (unpaired) electrons. The molecule has 1 aliphatic rings. The minimum absolute atomic E-state index is 0.0243. The second kappa shape index (κ2) is 7.64. The topological polar surface area (TPSA) is 50.4 Å². The van der Waals surface area contributed by atoms with Gasteiger partial charge in [-0.15, -0.1) is 0 Å². The Morgan fingerprint density at radius 2 is 1.88 bits per heavy atom. The molecule has 7 heteroatoms. The zero-order chi connectivity index (χ0) is 18.7. The third kappa shape index (κ3) is 5.92. The SMILES string of the molecule is CC(C)(C)NC(=O)OC(c1ccc(C(F)(F)F)cc1)C1CCCNC1. The number of hydrogen-bond donors (Lipinski definition) is 2. The molecule has 140 valence electrons. The van der Waals surface area contributed by atoms with Gasteiger partial charge < -0.3 is 15.4 Å². The number of piperidine rings is 1. The zero-order valence-electron chi connectivity index (χ0n) is 14.7. The van der Waals surface area contributed by atoms with E-state index in [4.69, 9.17) is 4.74 Å². The van der Waals surface area contributed by atoms with E-state index in [9.17, 15) is 18.0 Å². The van der Waals surface area contributed by atoms with E-state index in [2.05, 4.69) is 10.6 Å². The fraction of sp³-hybridized carbons (Fsp3) is 0.611. The van der Waals surface area contributed by atoms with E-state index in [1.54, 1.807) is 0 Å². The molecule has 1 aromatic rings. The fourth-order valence-corrected chi connectivity index (χ4v) is 2.89. The summed E-state index contributed by atoms with van der Waals surface area (Å²) < 4.78 is 43.9. The van der Waals surface area contributed by atoms with Crippen LogP contribution in [-0.4, -0.2) is 24.7 Å². The van der Waals surface area contributed by atoms with Gasteiger partial charge >= 0.3 is 12.3 Å². The summed E-state index contributed by atoms with van der Waals surface area (Å²) in [6.45, 7) is 7.07. The fourth-order valence-electron chi connectivity index (χ4n) is 2.89. The van der Waals surface area contributed by atoms with Crippen LogP contribution in [0.1, 0.15) is 50.8 Å². The third-order valence-electron chi connectivity index (χ3n) is 4.04. The van der Waals surface area contributed by atoms with Crippen LogP contribution in [0.25, 0.3) is 0 Å². The quantitative estimate of drug-likeness (QED) is 0.848. The van der Waals surface area contributed by atoms with Gasteiger partial charge in [0.2, 0.25) is 0 Å². The van der Waals surface area contributed by atoms with E-state index in [-0.39, 0.29) is 5.92 Å². The van der Waals surface area contributed by atoms with Gasteiger partial charge in [0.1, 0.15) is 6.10 Å². The first-order valence-corrected chi connectivity index (χ1v) is 8.43. The molecule has 1 amide bonds. The first-order valence-electron chi connectivity index (χ1n) is 8.43.